The van der Waals surface area contributed by atoms with Crippen LogP contribution in [0.4, 0.5) is 10.1 Å². The summed E-state index contributed by atoms with van der Waals surface area (Å²) in [5.74, 6) is 0.464. The van der Waals surface area contributed by atoms with Crippen molar-refractivity contribution in [3.8, 4) is 0 Å². The lowest BCUT2D eigenvalue weighted by Gasteiger charge is -2.17. The second-order valence-electron chi connectivity index (χ2n) is 5.63. The van der Waals surface area contributed by atoms with Gasteiger partial charge in [0.15, 0.2) is 0 Å². The van der Waals surface area contributed by atoms with E-state index in [0.717, 1.165) is 31.9 Å². The zero-order valence-electron chi connectivity index (χ0n) is 12.1. The first kappa shape index (κ1) is 14.1. The number of nitrogens with one attached hydrogen (secondary N) is 1. The minimum atomic E-state index is -0.190. The van der Waals surface area contributed by atoms with Crippen molar-refractivity contribution in [3.05, 3.63) is 66.0 Å². The third kappa shape index (κ3) is 3.82. The van der Waals surface area contributed by atoms with Crippen LogP contribution in [0.3, 0.4) is 0 Å². The molecule has 1 aliphatic heterocycles. The van der Waals surface area contributed by atoms with Crippen LogP contribution in [-0.4, -0.2) is 31.1 Å². The molecule has 0 amide bonds. The summed E-state index contributed by atoms with van der Waals surface area (Å²) in [7, 11) is 0. The van der Waals surface area contributed by atoms with Crippen molar-refractivity contribution in [1.82, 2.24) is 4.90 Å². The molecular formula is C18H21FN2. The van der Waals surface area contributed by atoms with Crippen molar-refractivity contribution in [2.45, 2.75) is 12.3 Å². The Bertz CT molecular complexity index is 570. The minimum absolute atomic E-state index is 0.190. The van der Waals surface area contributed by atoms with E-state index in [0.29, 0.717) is 5.92 Å². The highest BCUT2D eigenvalue weighted by Gasteiger charge is 2.22. The number of hydrogen-bond donors (Lipinski definition) is 1. The number of likely N-dealkylation sites (tertiary alicyclic amines) is 1. The van der Waals surface area contributed by atoms with E-state index in [2.05, 4.69) is 40.5 Å². The summed E-state index contributed by atoms with van der Waals surface area (Å²) < 4.78 is 13.1. The van der Waals surface area contributed by atoms with E-state index in [1.54, 1.807) is 6.07 Å². The smallest absolute Gasteiger partial charge is 0.125 e. The number of benzene rings is 2. The molecule has 0 spiro atoms. The standard InChI is InChI=1S/C18H21FN2/c19-17-7-4-8-18(13-17)20-10-12-21-11-9-16(14-21)15-5-2-1-3-6-15/h1-8,13,16,20H,9-12,14H2. The summed E-state index contributed by atoms with van der Waals surface area (Å²) in [6.07, 6.45) is 1.23. The SMILES string of the molecule is Fc1cccc(NCCN2CCC(c3ccccc3)C2)c1. The van der Waals surface area contributed by atoms with Crippen LogP contribution in [0, 0.1) is 5.82 Å². The van der Waals surface area contributed by atoms with Crippen LogP contribution in [0.5, 0.6) is 0 Å². The summed E-state index contributed by atoms with van der Waals surface area (Å²) in [5, 5.41) is 3.29. The number of halogens is 1. The van der Waals surface area contributed by atoms with Gasteiger partial charge >= 0.3 is 0 Å². The van der Waals surface area contributed by atoms with Gasteiger partial charge in [-0.3, -0.25) is 0 Å². The van der Waals surface area contributed by atoms with Crippen LogP contribution in [0.15, 0.2) is 54.6 Å². The molecule has 2 nitrogen and oxygen atoms in total. The first-order chi connectivity index (χ1) is 10.3. The Morgan fingerprint density at radius 1 is 1.10 bits per heavy atom. The molecule has 1 saturated heterocycles. The summed E-state index contributed by atoms with van der Waals surface area (Å²) in [6.45, 7) is 4.12. The van der Waals surface area contributed by atoms with Gasteiger partial charge in [-0.2, -0.15) is 0 Å². The maximum absolute atomic E-state index is 13.1. The molecular weight excluding hydrogens is 263 g/mol. The molecule has 1 unspecified atom stereocenters. The van der Waals surface area contributed by atoms with Crippen molar-refractivity contribution in [2.75, 3.05) is 31.5 Å². The van der Waals surface area contributed by atoms with Crippen molar-refractivity contribution in [3.63, 3.8) is 0 Å². The van der Waals surface area contributed by atoms with E-state index >= 15 is 0 Å². The van der Waals surface area contributed by atoms with E-state index in [4.69, 9.17) is 0 Å². The van der Waals surface area contributed by atoms with Gasteiger partial charge in [0.05, 0.1) is 0 Å². The number of rotatable bonds is 5. The largest absolute Gasteiger partial charge is 0.384 e. The highest BCUT2D eigenvalue weighted by Crippen LogP contribution is 2.26. The molecule has 1 atom stereocenters. The Morgan fingerprint density at radius 2 is 1.95 bits per heavy atom. The molecule has 0 aromatic heterocycles. The Labute approximate surface area is 125 Å². The molecule has 3 rings (SSSR count). The van der Waals surface area contributed by atoms with Crippen molar-refractivity contribution in [2.24, 2.45) is 0 Å². The van der Waals surface area contributed by atoms with E-state index in [1.807, 2.05) is 6.07 Å². The van der Waals surface area contributed by atoms with Crippen molar-refractivity contribution >= 4 is 5.69 Å². The summed E-state index contributed by atoms with van der Waals surface area (Å²) in [5.41, 5.74) is 2.30. The maximum atomic E-state index is 13.1. The van der Waals surface area contributed by atoms with E-state index in [-0.39, 0.29) is 5.82 Å². The molecule has 110 valence electrons. The number of nitrogens with zero attached hydrogens (tertiary/aromatic N) is 1. The lowest BCUT2D eigenvalue weighted by atomic mass is 9.99. The average molecular weight is 284 g/mol. The first-order valence-electron chi connectivity index (χ1n) is 7.58. The second-order valence-corrected chi connectivity index (χ2v) is 5.63. The first-order valence-corrected chi connectivity index (χ1v) is 7.58. The summed E-state index contributed by atoms with van der Waals surface area (Å²) >= 11 is 0. The molecule has 2 aromatic rings. The molecule has 0 radical (unpaired) electrons. The molecule has 0 saturated carbocycles. The van der Waals surface area contributed by atoms with Gasteiger partial charge in [-0.1, -0.05) is 36.4 Å². The quantitative estimate of drug-likeness (QED) is 0.900. The molecule has 3 heteroatoms. The predicted molar refractivity (Wildman–Crippen MR) is 85.1 cm³/mol. The Kier molecular flexibility index (Phi) is 4.51. The zero-order valence-corrected chi connectivity index (χ0v) is 12.1. The second kappa shape index (κ2) is 6.72. The van der Waals surface area contributed by atoms with Crippen LogP contribution < -0.4 is 5.32 Å². The minimum Gasteiger partial charge on any atom is -0.384 e. The highest BCUT2D eigenvalue weighted by molar-refractivity contribution is 5.42. The Hall–Kier alpha value is -1.87. The van der Waals surface area contributed by atoms with Crippen LogP contribution in [0.1, 0.15) is 17.9 Å². The fourth-order valence-electron chi connectivity index (χ4n) is 2.99. The van der Waals surface area contributed by atoms with Crippen LogP contribution >= 0.6 is 0 Å². The van der Waals surface area contributed by atoms with Gasteiger partial charge < -0.3 is 10.2 Å². The lowest BCUT2D eigenvalue weighted by Crippen LogP contribution is -2.26. The molecule has 1 aliphatic rings. The molecule has 0 bridgehead atoms. The predicted octanol–water partition coefficient (Wildman–Crippen LogP) is 3.73. The molecule has 1 N–H and O–H groups in total. The van der Waals surface area contributed by atoms with Gasteiger partial charge in [-0.05, 0) is 42.6 Å². The molecule has 0 aliphatic carbocycles. The lowest BCUT2D eigenvalue weighted by molar-refractivity contribution is 0.348. The van der Waals surface area contributed by atoms with Crippen LogP contribution in [0.2, 0.25) is 0 Å². The van der Waals surface area contributed by atoms with E-state index in [9.17, 15) is 4.39 Å². The van der Waals surface area contributed by atoms with Gasteiger partial charge in [0.25, 0.3) is 0 Å². The highest BCUT2D eigenvalue weighted by atomic mass is 19.1. The molecule has 21 heavy (non-hydrogen) atoms. The van der Waals surface area contributed by atoms with Crippen molar-refractivity contribution < 1.29 is 4.39 Å². The van der Waals surface area contributed by atoms with Crippen LogP contribution in [-0.2, 0) is 0 Å². The topological polar surface area (TPSA) is 15.3 Å². The third-order valence-corrected chi connectivity index (χ3v) is 4.13. The molecule has 2 aromatic carbocycles. The Balaban J connectivity index is 1.45. The van der Waals surface area contributed by atoms with Gasteiger partial charge in [0, 0.05) is 25.3 Å². The normalized spacial score (nSPS) is 18.8. The Morgan fingerprint density at radius 3 is 2.76 bits per heavy atom. The van der Waals surface area contributed by atoms with E-state index in [1.165, 1.54) is 24.1 Å². The van der Waals surface area contributed by atoms with Crippen molar-refractivity contribution in [1.29, 1.82) is 0 Å². The maximum Gasteiger partial charge on any atom is 0.125 e. The van der Waals surface area contributed by atoms with Gasteiger partial charge in [-0.25, -0.2) is 4.39 Å². The number of hydrogen-bond acceptors (Lipinski definition) is 2. The summed E-state index contributed by atoms with van der Waals surface area (Å²) in [6, 6.07) is 17.4. The monoisotopic (exact) mass is 284 g/mol. The third-order valence-electron chi connectivity index (χ3n) is 4.13. The average Bonchev–Trinajstić information content (AvgIpc) is 2.97. The van der Waals surface area contributed by atoms with Gasteiger partial charge in [0.1, 0.15) is 5.82 Å². The van der Waals surface area contributed by atoms with Gasteiger partial charge in [-0.15, -0.1) is 0 Å². The fraction of sp³-hybridized carbons (Fsp3) is 0.333. The fourth-order valence-corrected chi connectivity index (χ4v) is 2.99. The molecule has 1 fully saturated rings. The number of anilines is 1. The van der Waals surface area contributed by atoms with E-state index < -0.39 is 0 Å². The van der Waals surface area contributed by atoms with Crippen LogP contribution in [0.25, 0.3) is 0 Å². The molecule has 1 heterocycles. The summed E-state index contributed by atoms with van der Waals surface area (Å²) in [4.78, 5) is 2.48. The van der Waals surface area contributed by atoms with Gasteiger partial charge in [0.2, 0.25) is 0 Å². The zero-order chi connectivity index (χ0) is 14.5.